The fraction of sp³-hybridized carbons (Fsp3) is 0.571. The van der Waals surface area contributed by atoms with Gasteiger partial charge in [-0.1, -0.05) is 0 Å². The molecule has 14 heteroatoms. The number of carboxylic acids is 3. The molecule has 0 saturated carbocycles. The standard InChI is InChI=1S/C7H11O9P.4Na/c8-4(9)1-2-7(6(12)13,3-5(10)11)17(14,15)16;;;;/h1-3H2,(H,8,9)(H,10,11)(H,12,13)(H2,14,15,16);;;;/q;4*+1. The molecule has 1 unspecified atom stereocenters. The zero-order chi connectivity index (χ0) is 13.9. The largest absolute Gasteiger partial charge is 1.00 e. The third-order valence-electron chi connectivity index (χ3n) is 2.15. The van der Waals surface area contributed by atoms with Crippen LogP contribution in [-0.2, 0) is 18.9 Å². The van der Waals surface area contributed by atoms with Gasteiger partial charge in [0.1, 0.15) is 0 Å². The van der Waals surface area contributed by atoms with Crippen molar-refractivity contribution < 1.29 is 162 Å². The van der Waals surface area contributed by atoms with Gasteiger partial charge in [-0.05, 0) is 6.42 Å². The van der Waals surface area contributed by atoms with E-state index >= 15 is 0 Å². The summed E-state index contributed by atoms with van der Waals surface area (Å²) in [4.78, 5) is 49.5. The topological polar surface area (TPSA) is 169 Å². The molecule has 0 saturated heterocycles. The second-order valence-corrected chi connectivity index (χ2v) is 5.29. The van der Waals surface area contributed by atoms with Gasteiger partial charge in [-0.15, -0.1) is 0 Å². The van der Waals surface area contributed by atoms with Crippen LogP contribution in [0.5, 0.6) is 0 Å². The van der Waals surface area contributed by atoms with Crippen molar-refractivity contribution in [3.05, 3.63) is 0 Å². The van der Waals surface area contributed by atoms with E-state index in [1.807, 2.05) is 0 Å². The SMILES string of the molecule is O=C(O)CCC(CC(=O)O)(C(=O)O)P(=O)(O)O.[Na+].[Na+].[Na+].[Na+]. The van der Waals surface area contributed by atoms with E-state index in [9.17, 15) is 18.9 Å². The van der Waals surface area contributed by atoms with Crippen molar-refractivity contribution in [2.45, 2.75) is 24.4 Å². The minimum absolute atomic E-state index is 0. The molecule has 9 nitrogen and oxygen atoms in total. The third kappa shape index (κ3) is 11.7. The average molecular weight is 362 g/mol. The Morgan fingerprint density at radius 3 is 1.43 bits per heavy atom. The van der Waals surface area contributed by atoms with Gasteiger partial charge in [-0.3, -0.25) is 18.9 Å². The number of hydrogen-bond donors (Lipinski definition) is 5. The van der Waals surface area contributed by atoms with E-state index in [1.165, 1.54) is 0 Å². The van der Waals surface area contributed by atoms with Crippen molar-refractivity contribution in [3.8, 4) is 0 Å². The van der Waals surface area contributed by atoms with Crippen molar-refractivity contribution >= 4 is 25.5 Å². The van der Waals surface area contributed by atoms with Crippen LogP contribution in [0.15, 0.2) is 0 Å². The smallest absolute Gasteiger partial charge is 0.481 e. The predicted molar refractivity (Wildman–Crippen MR) is 51.5 cm³/mol. The zero-order valence-electron chi connectivity index (χ0n) is 12.4. The van der Waals surface area contributed by atoms with Crippen LogP contribution in [0.2, 0.25) is 0 Å². The van der Waals surface area contributed by atoms with Crippen LogP contribution in [0.25, 0.3) is 0 Å². The number of aliphatic carboxylic acids is 3. The first-order valence-corrected chi connectivity index (χ1v) is 5.87. The molecule has 1 atom stereocenters. The van der Waals surface area contributed by atoms with Gasteiger partial charge in [0, 0.05) is 6.42 Å². The molecule has 0 rings (SSSR count). The van der Waals surface area contributed by atoms with Gasteiger partial charge in [0.05, 0.1) is 6.42 Å². The molecule has 0 aromatic carbocycles. The minimum atomic E-state index is -5.32. The Labute approximate surface area is 209 Å². The number of carboxylic acid groups (broad SMARTS) is 3. The molecule has 0 fully saturated rings. The maximum absolute atomic E-state index is 11.1. The van der Waals surface area contributed by atoms with Crippen molar-refractivity contribution in [1.82, 2.24) is 0 Å². The molecule has 0 aromatic heterocycles. The average Bonchev–Trinajstić information content (AvgIpc) is 2.08. The molecular weight excluding hydrogens is 351 g/mol. The third-order valence-corrected chi connectivity index (χ3v) is 3.84. The Kier molecular flexibility index (Phi) is 24.6. The first-order chi connectivity index (χ1) is 7.53. The van der Waals surface area contributed by atoms with Gasteiger partial charge in [-0.25, -0.2) is 0 Å². The van der Waals surface area contributed by atoms with E-state index in [1.54, 1.807) is 0 Å². The summed E-state index contributed by atoms with van der Waals surface area (Å²) in [6.45, 7) is 0. The monoisotopic (exact) mass is 362 g/mol. The molecule has 0 aromatic rings. The Morgan fingerprint density at radius 2 is 1.24 bits per heavy atom. The quantitative estimate of drug-likeness (QED) is 0.218. The van der Waals surface area contributed by atoms with Gasteiger partial charge in [0.15, 0.2) is 5.16 Å². The van der Waals surface area contributed by atoms with Crippen LogP contribution in [0.3, 0.4) is 0 Å². The van der Waals surface area contributed by atoms with Crippen LogP contribution >= 0.6 is 7.60 Å². The van der Waals surface area contributed by atoms with Crippen LogP contribution in [0.1, 0.15) is 19.3 Å². The van der Waals surface area contributed by atoms with Crippen molar-refractivity contribution in [2.75, 3.05) is 0 Å². The van der Waals surface area contributed by atoms with E-state index in [0.717, 1.165) is 0 Å². The Balaban J connectivity index is -0.000000213. The van der Waals surface area contributed by atoms with Crippen LogP contribution in [-0.4, -0.2) is 48.2 Å². The maximum Gasteiger partial charge on any atom is 1.00 e. The molecule has 21 heavy (non-hydrogen) atoms. The number of rotatable bonds is 7. The van der Waals surface area contributed by atoms with Crippen molar-refractivity contribution in [1.29, 1.82) is 0 Å². The van der Waals surface area contributed by atoms with E-state index < -0.39 is 49.9 Å². The van der Waals surface area contributed by atoms with E-state index in [-0.39, 0.29) is 118 Å². The van der Waals surface area contributed by atoms with E-state index in [4.69, 9.17) is 25.1 Å². The first-order valence-electron chi connectivity index (χ1n) is 4.25. The number of carbonyl (C=O) groups is 3. The molecular formula is C7H11Na4O9P+4. The molecule has 0 aliphatic carbocycles. The van der Waals surface area contributed by atoms with Gasteiger partial charge in [-0.2, -0.15) is 0 Å². The molecule has 0 heterocycles. The van der Waals surface area contributed by atoms with Crippen LogP contribution < -0.4 is 118 Å². The molecule has 0 aliphatic heterocycles. The molecule has 0 radical (unpaired) electrons. The summed E-state index contributed by atoms with van der Waals surface area (Å²) in [7, 11) is -5.32. The number of hydrogen-bond acceptors (Lipinski definition) is 4. The van der Waals surface area contributed by atoms with Crippen LogP contribution in [0.4, 0.5) is 0 Å². The van der Waals surface area contributed by atoms with Crippen molar-refractivity contribution in [3.63, 3.8) is 0 Å². The van der Waals surface area contributed by atoms with Crippen molar-refractivity contribution in [2.24, 2.45) is 0 Å². The summed E-state index contributed by atoms with van der Waals surface area (Å²) in [6.07, 6.45) is -3.17. The summed E-state index contributed by atoms with van der Waals surface area (Å²) < 4.78 is 11.1. The van der Waals surface area contributed by atoms with Gasteiger partial charge in [0.2, 0.25) is 0 Å². The summed E-state index contributed by atoms with van der Waals surface area (Å²) in [5.74, 6) is -5.25. The fourth-order valence-corrected chi connectivity index (χ4v) is 2.20. The Hall–Kier alpha value is 2.56. The van der Waals surface area contributed by atoms with Gasteiger partial charge in [0.25, 0.3) is 0 Å². The fourth-order valence-electron chi connectivity index (χ4n) is 1.21. The summed E-state index contributed by atoms with van der Waals surface area (Å²) in [5, 5.41) is 22.7. The molecule has 0 amide bonds. The predicted octanol–water partition coefficient (Wildman–Crippen LogP) is -12.7. The Bertz CT molecular complexity index is 398. The molecule has 0 bridgehead atoms. The first kappa shape index (κ1) is 34.8. The summed E-state index contributed by atoms with van der Waals surface area (Å²) in [6, 6.07) is 0. The van der Waals surface area contributed by atoms with E-state index in [2.05, 4.69) is 0 Å². The normalized spacial score (nSPS) is 12.1. The second kappa shape index (κ2) is 14.9. The molecule has 98 valence electrons. The minimum Gasteiger partial charge on any atom is -0.481 e. The zero-order valence-corrected chi connectivity index (χ0v) is 21.3. The Morgan fingerprint density at radius 1 is 0.857 bits per heavy atom. The second-order valence-electron chi connectivity index (χ2n) is 3.35. The molecule has 0 aliphatic rings. The summed E-state index contributed by atoms with van der Waals surface area (Å²) in [5.41, 5.74) is 0. The van der Waals surface area contributed by atoms with E-state index in [0.29, 0.717) is 0 Å². The van der Waals surface area contributed by atoms with Gasteiger partial charge >= 0.3 is 144 Å². The maximum atomic E-state index is 11.1. The summed E-state index contributed by atoms with van der Waals surface area (Å²) >= 11 is 0. The molecule has 5 N–H and O–H groups in total. The van der Waals surface area contributed by atoms with Crippen LogP contribution in [0, 0.1) is 0 Å². The molecule has 0 spiro atoms. The van der Waals surface area contributed by atoms with Gasteiger partial charge < -0.3 is 25.1 Å².